The smallest absolute Gasteiger partial charge is 0.308 e. The number of nitrogens with zero attached hydrogens (tertiary/aromatic N) is 2. The van der Waals surface area contributed by atoms with E-state index in [9.17, 15) is 9.59 Å². The minimum Gasteiger partial charge on any atom is -0.481 e. The summed E-state index contributed by atoms with van der Waals surface area (Å²) in [5, 5.41) is 8.76. The Hall–Kier alpha value is -1.93. The number of nitrogens with two attached hydrogens (primary N) is 1. The van der Waals surface area contributed by atoms with E-state index in [1.807, 2.05) is 0 Å². The van der Waals surface area contributed by atoms with Crippen LogP contribution >= 0.6 is 0 Å². The van der Waals surface area contributed by atoms with Crippen LogP contribution < -0.4 is 11.3 Å². The number of nitrogens with one attached hydrogen (secondary N) is 1. The fourth-order valence-corrected chi connectivity index (χ4v) is 2.40. The number of anilines is 1. The van der Waals surface area contributed by atoms with Crippen molar-refractivity contribution in [3.8, 4) is 0 Å². The van der Waals surface area contributed by atoms with Gasteiger partial charge in [-0.3, -0.25) is 14.5 Å². The first-order valence-corrected chi connectivity index (χ1v) is 6.95. The van der Waals surface area contributed by atoms with Crippen LogP contribution in [0.2, 0.25) is 0 Å². The second-order valence-electron chi connectivity index (χ2n) is 5.05. The molecular formula is C13H20N4O4. The van der Waals surface area contributed by atoms with Gasteiger partial charge in [-0.25, -0.2) is 4.98 Å². The first kappa shape index (κ1) is 15.5. The molecule has 1 aliphatic heterocycles. The zero-order valence-corrected chi connectivity index (χ0v) is 12.0. The maximum atomic E-state index is 11.9. The fourth-order valence-electron chi connectivity index (χ4n) is 2.40. The number of hydrogen-bond donors (Lipinski definition) is 3. The molecule has 1 aromatic rings. The summed E-state index contributed by atoms with van der Waals surface area (Å²) in [5.74, 6) is -0.815. The number of rotatable bonds is 5. The Morgan fingerprint density at radius 2 is 2.38 bits per heavy atom. The van der Waals surface area contributed by atoms with E-state index in [0.717, 1.165) is 19.5 Å². The van der Waals surface area contributed by atoms with Gasteiger partial charge in [0, 0.05) is 13.1 Å². The minimum atomic E-state index is -1.12. The fraction of sp³-hybridized carbons (Fsp3) is 0.615. The highest BCUT2D eigenvalue weighted by atomic mass is 16.5. The summed E-state index contributed by atoms with van der Waals surface area (Å²) >= 11 is 0. The average Bonchev–Trinajstić information content (AvgIpc) is 2.43. The van der Waals surface area contributed by atoms with Crippen LogP contribution in [0.15, 0.2) is 4.79 Å². The summed E-state index contributed by atoms with van der Waals surface area (Å²) in [7, 11) is 0. The van der Waals surface area contributed by atoms with Gasteiger partial charge >= 0.3 is 5.97 Å². The largest absolute Gasteiger partial charge is 0.481 e. The van der Waals surface area contributed by atoms with Crippen LogP contribution in [0, 0.1) is 0 Å². The van der Waals surface area contributed by atoms with Gasteiger partial charge in [0.1, 0.15) is 17.7 Å². The molecule has 1 saturated heterocycles. The van der Waals surface area contributed by atoms with Gasteiger partial charge in [-0.15, -0.1) is 0 Å². The van der Waals surface area contributed by atoms with Gasteiger partial charge in [0.2, 0.25) is 0 Å². The number of carbonyl (C=O) groups is 1. The number of carboxylic acid groups (broad SMARTS) is 1. The van der Waals surface area contributed by atoms with Gasteiger partial charge in [0.05, 0.1) is 18.6 Å². The Morgan fingerprint density at radius 1 is 1.62 bits per heavy atom. The standard InChI is InChI=1S/C13H20N4O4/c1-2-3-17-4-5-21-9(7-17)12-15-11(14)8(6-10(18)19)13(20)16-12/h9H,2-7H2,1H3,(H,18,19)(H3,14,15,16,20). The Kier molecular flexibility index (Phi) is 4.92. The van der Waals surface area contributed by atoms with Gasteiger partial charge in [0.15, 0.2) is 0 Å². The second-order valence-corrected chi connectivity index (χ2v) is 5.05. The summed E-state index contributed by atoms with van der Waals surface area (Å²) in [5.41, 5.74) is 5.17. The SMILES string of the molecule is CCCN1CCOC(c2nc(N)c(CC(=O)O)c(=O)[nH]2)C1. The van der Waals surface area contributed by atoms with Crippen molar-refractivity contribution in [2.75, 3.05) is 32.0 Å². The zero-order chi connectivity index (χ0) is 15.4. The molecule has 0 spiro atoms. The third-order valence-electron chi connectivity index (χ3n) is 3.39. The molecule has 0 saturated carbocycles. The van der Waals surface area contributed by atoms with Crippen molar-refractivity contribution in [1.29, 1.82) is 0 Å². The molecule has 1 unspecified atom stereocenters. The summed E-state index contributed by atoms with van der Waals surface area (Å²) in [4.78, 5) is 31.6. The Morgan fingerprint density at radius 3 is 3.00 bits per heavy atom. The van der Waals surface area contributed by atoms with E-state index in [4.69, 9.17) is 15.6 Å². The lowest BCUT2D eigenvalue weighted by atomic mass is 10.2. The Balaban J connectivity index is 2.21. The van der Waals surface area contributed by atoms with Gasteiger partial charge in [-0.1, -0.05) is 6.92 Å². The van der Waals surface area contributed by atoms with Crippen LogP contribution in [0.3, 0.4) is 0 Å². The molecule has 8 heteroatoms. The number of aromatic amines is 1. The Bertz CT molecular complexity index is 570. The lowest BCUT2D eigenvalue weighted by molar-refractivity contribution is -0.136. The second kappa shape index (κ2) is 6.68. The lowest BCUT2D eigenvalue weighted by Gasteiger charge is -2.32. The molecule has 2 heterocycles. The van der Waals surface area contributed by atoms with Crippen LogP contribution in [0.4, 0.5) is 5.82 Å². The number of ether oxygens (including phenoxy) is 1. The maximum absolute atomic E-state index is 11.9. The summed E-state index contributed by atoms with van der Waals surface area (Å²) < 4.78 is 5.63. The number of nitrogen functional groups attached to an aromatic ring is 1. The number of aliphatic carboxylic acids is 1. The van der Waals surface area contributed by atoms with Gasteiger partial charge in [-0.05, 0) is 13.0 Å². The van der Waals surface area contributed by atoms with Crippen LogP contribution in [0.1, 0.15) is 30.8 Å². The quantitative estimate of drug-likeness (QED) is 0.685. The number of hydrogen-bond acceptors (Lipinski definition) is 6. The molecule has 1 aliphatic rings. The molecule has 0 aliphatic carbocycles. The molecule has 0 amide bonds. The minimum absolute atomic E-state index is 0.0209. The van der Waals surface area contributed by atoms with E-state index in [-0.39, 0.29) is 17.5 Å². The van der Waals surface area contributed by atoms with E-state index in [1.54, 1.807) is 0 Å². The first-order chi connectivity index (χ1) is 10.0. The highest BCUT2D eigenvalue weighted by Gasteiger charge is 2.24. The number of carboxylic acids is 1. The van der Waals surface area contributed by atoms with Crippen LogP contribution in [0.25, 0.3) is 0 Å². The zero-order valence-electron chi connectivity index (χ0n) is 12.0. The van der Waals surface area contributed by atoms with Crippen LogP contribution in [-0.2, 0) is 16.0 Å². The molecule has 1 aromatic heterocycles. The summed E-state index contributed by atoms with van der Waals surface area (Å²) in [6.45, 7) is 5.10. The Labute approximate surface area is 121 Å². The van der Waals surface area contributed by atoms with E-state index in [1.165, 1.54) is 0 Å². The molecular weight excluding hydrogens is 276 g/mol. The highest BCUT2D eigenvalue weighted by molar-refractivity contribution is 5.71. The number of aromatic nitrogens is 2. The summed E-state index contributed by atoms with van der Waals surface area (Å²) in [6, 6.07) is 0. The predicted molar refractivity (Wildman–Crippen MR) is 76.0 cm³/mol. The van der Waals surface area contributed by atoms with Crippen molar-refractivity contribution < 1.29 is 14.6 Å². The maximum Gasteiger partial charge on any atom is 0.308 e. The number of H-pyrrole nitrogens is 1. The highest BCUT2D eigenvalue weighted by Crippen LogP contribution is 2.19. The molecule has 4 N–H and O–H groups in total. The van der Waals surface area contributed by atoms with Crippen molar-refractivity contribution in [3.05, 3.63) is 21.7 Å². The summed E-state index contributed by atoms with van der Waals surface area (Å²) in [6.07, 6.45) is 0.248. The van der Waals surface area contributed by atoms with E-state index in [0.29, 0.717) is 19.0 Å². The molecule has 0 bridgehead atoms. The van der Waals surface area contributed by atoms with Gasteiger partial charge in [0.25, 0.3) is 5.56 Å². The average molecular weight is 296 g/mol. The van der Waals surface area contributed by atoms with Crippen molar-refractivity contribution in [3.63, 3.8) is 0 Å². The van der Waals surface area contributed by atoms with Crippen LogP contribution in [-0.4, -0.2) is 52.2 Å². The molecule has 116 valence electrons. The third-order valence-corrected chi connectivity index (χ3v) is 3.39. The lowest BCUT2D eigenvalue weighted by Crippen LogP contribution is -2.40. The van der Waals surface area contributed by atoms with E-state index < -0.39 is 17.9 Å². The molecule has 1 atom stereocenters. The van der Waals surface area contributed by atoms with Gasteiger partial charge in [-0.2, -0.15) is 0 Å². The van der Waals surface area contributed by atoms with E-state index in [2.05, 4.69) is 21.8 Å². The topological polar surface area (TPSA) is 122 Å². The molecule has 8 nitrogen and oxygen atoms in total. The van der Waals surface area contributed by atoms with Crippen molar-refractivity contribution >= 4 is 11.8 Å². The monoisotopic (exact) mass is 296 g/mol. The molecule has 0 aromatic carbocycles. The first-order valence-electron chi connectivity index (χ1n) is 6.95. The molecule has 0 radical (unpaired) electrons. The van der Waals surface area contributed by atoms with Crippen molar-refractivity contribution in [2.24, 2.45) is 0 Å². The third kappa shape index (κ3) is 3.79. The number of morpholine rings is 1. The van der Waals surface area contributed by atoms with E-state index >= 15 is 0 Å². The van der Waals surface area contributed by atoms with Crippen molar-refractivity contribution in [2.45, 2.75) is 25.9 Å². The van der Waals surface area contributed by atoms with Crippen LogP contribution in [0.5, 0.6) is 0 Å². The molecule has 1 fully saturated rings. The molecule has 2 rings (SSSR count). The van der Waals surface area contributed by atoms with Crippen molar-refractivity contribution in [1.82, 2.24) is 14.9 Å². The molecule has 21 heavy (non-hydrogen) atoms. The normalized spacial score (nSPS) is 19.6. The predicted octanol–water partition coefficient (Wildman–Crippen LogP) is -0.237. The van der Waals surface area contributed by atoms with Gasteiger partial charge < -0.3 is 20.6 Å².